The highest BCUT2D eigenvalue weighted by molar-refractivity contribution is 6.64. The highest BCUT2D eigenvalue weighted by Crippen LogP contribution is 2.19. The van der Waals surface area contributed by atoms with Gasteiger partial charge in [-0.25, -0.2) is 0 Å². The molecule has 0 bridgehead atoms. The Bertz CT molecular complexity index is 507. The SMILES string of the molecule is O=C[B]N1CCN(Cc2ccc(F)c([N+](=O)[O-])c2)CC1. The second kappa shape index (κ2) is 6.58. The molecule has 1 heterocycles. The van der Waals surface area contributed by atoms with E-state index in [2.05, 4.69) is 4.90 Å². The smallest absolute Gasteiger partial charge is 0.305 e. The fourth-order valence-electron chi connectivity index (χ4n) is 2.21. The summed E-state index contributed by atoms with van der Waals surface area (Å²) in [5, 5.41) is 10.7. The van der Waals surface area contributed by atoms with Gasteiger partial charge in [0.2, 0.25) is 5.82 Å². The van der Waals surface area contributed by atoms with E-state index in [4.69, 9.17) is 0 Å². The van der Waals surface area contributed by atoms with Crippen LogP contribution in [0.1, 0.15) is 5.56 Å². The predicted octanol–water partition coefficient (Wildman–Crippen LogP) is 0.661. The first kappa shape index (κ1) is 14.6. The van der Waals surface area contributed by atoms with Crippen LogP contribution >= 0.6 is 0 Å². The van der Waals surface area contributed by atoms with Crippen molar-refractivity contribution in [2.45, 2.75) is 6.54 Å². The summed E-state index contributed by atoms with van der Waals surface area (Å²) >= 11 is 0. The van der Waals surface area contributed by atoms with Gasteiger partial charge in [0.1, 0.15) is 0 Å². The average Bonchev–Trinajstić information content (AvgIpc) is 2.43. The number of nitro groups is 1. The topological polar surface area (TPSA) is 66.7 Å². The van der Waals surface area contributed by atoms with Crippen LogP contribution in [-0.4, -0.2) is 54.4 Å². The Morgan fingerprint density at radius 1 is 1.35 bits per heavy atom. The van der Waals surface area contributed by atoms with Gasteiger partial charge in [-0.15, -0.1) is 0 Å². The van der Waals surface area contributed by atoms with Crippen LogP contribution in [0.2, 0.25) is 0 Å². The largest absolute Gasteiger partial charge is 0.338 e. The molecule has 0 unspecified atom stereocenters. The number of nitro benzene ring substituents is 1. The Morgan fingerprint density at radius 2 is 2.05 bits per heavy atom. The number of hydrogen-bond donors (Lipinski definition) is 0. The molecule has 1 radical (unpaired) electrons. The molecular weight excluding hydrogens is 264 g/mol. The summed E-state index contributed by atoms with van der Waals surface area (Å²) in [5.41, 5.74) is 0.223. The van der Waals surface area contributed by atoms with Gasteiger partial charge in [-0.2, -0.15) is 4.39 Å². The zero-order chi connectivity index (χ0) is 14.5. The zero-order valence-corrected chi connectivity index (χ0v) is 10.9. The molecule has 0 aliphatic carbocycles. The molecule has 1 aromatic rings. The number of piperazine rings is 1. The van der Waals surface area contributed by atoms with Crippen LogP contribution in [0, 0.1) is 15.9 Å². The molecule has 0 aromatic heterocycles. The van der Waals surface area contributed by atoms with E-state index in [9.17, 15) is 19.3 Å². The number of nitrogens with zero attached hydrogens (tertiary/aromatic N) is 3. The molecule has 6 nitrogen and oxygen atoms in total. The lowest BCUT2D eigenvalue weighted by molar-refractivity contribution is -0.387. The molecule has 1 fully saturated rings. The predicted molar refractivity (Wildman–Crippen MR) is 72.4 cm³/mol. The third kappa shape index (κ3) is 3.61. The summed E-state index contributed by atoms with van der Waals surface area (Å²) in [6.07, 6.45) is 0.763. The van der Waals surface area contributed by atoms with E-state index in [1.165, 1.54) is 13.5 Å². The van der Waals surface area contributed by atoms with Crippen molar-refractivity contribution in [2.75, 3.05) is 26.2 Å². The maximum atomic E-state index is 13.2. The molecule has 1 aliphatic heterocycles. The monoisotopic (exact) mass is 278 g/mol. The molecule has 20 heavy (non-hydrogen) atoms. The minimum atomic E-state index is -0.816. The quantitative estimate of drug-likeness (QED) is 0.342. The second-order valence-electron chi connectivity index (χ2n) is 4.64. The van der Waals surface area contributed by atoms with E-state index < -0.39 is 16.4 Å². The number of carbonyl (C=O) groups excluding carboxylic acids is 1. The molecule has 0 spiro atoms. The van der Waals surface area contributed by atoms with Gasteiger partial charge < -0.3 is 9.61 Å². The molecular formula is C12H14BFN3O3. The van der Waals surface area contributed by atoms with Crippen LogP contribution in [0.25, 0.3) is 0 Å². The lowest BCUT2D eigenvalue weighted by Crippen LogP contribution is -2.47. The van der Waals surface area contributed by atoms with E-state index in [1.54, 1.807) is 6.07 Å². The van der Waals surface area contributed by atoms with Crippen LogP contribution in [0.4, 0.5) is 10.1 Å². The normalized spacial score (nSPS) is 16.9. The molecule has 0 amide bonds. The highest BCUT2D eigenvalue weighted by Gasteiger charge is 2.19. The molecule has 1 aromatic carbocycles. The minimum Gasteiger partial charge on any atom is -0.338 e. The van der Waals surface area contributed by atoms with Crippen LogP contribution in [0.15, 0.2) is 18.2 Å². The summed E-state index contributed by atoms with van der Waals surface area (Å²) in [5.74, 6) is -0.816. The summed E-state index contributed by atoms with van der Waals surface area (Å²) in [7, 11) is 1.51. The maximum Gasteiger partial charge on any atom is 0.305 e. The van der Waals surface area contributed by atoms with E-state index >= 15 is 0 Å². The van der Waals surface area contributed by atoms with Crippen LogP contribution in [-0.2, 0) is 11.3 Å². The number of benzene rings is 1. The number of halogens is 1. The first-order valence-electron chi connectivity index (χ1n) is 6.28. The lowest BCUT2D eigenvalue weighted by Gasteiger charge is -2.33. The Kier molecular flexibility index (Phi) is 4.81. The van der Waals surface area contributed by atoms with Gasteiger partial charge in [0.15, 0.2) is 0 Å². The van der Waals surface area contributed by atoms with Crippen molar-refractivity contribution < 1.29 is 14.1 Å². The van der Waals surface area contributed by atoms with Crippen LogP contribution in [0.5, 0.6) is 0 Å². The Labute approximate surface area is 116 Å². The van der Waals surface area contributed by atoms with Gasteiger partial charge in [0.25, 0.3) is 7.41 Å². The Hall–Kier alpha value is -1.80. The van der Waals surface area contributed by atoms with Gasteiger partial charge in [-0.1, -0.05) is 6.07 Å². The molecule has 0 atom stereocenters. The van der Waals surface area contributed by atoms with Gasteiger partial charge in [-0.3, -0.25) is 15.0 Å². The van der Waals surface area contributed by atoms with E-state index in [1.807, 2.05) is 4.81 Å². The second-order valence-corrected chi connectivity index (χ2v) is 4.64. The number of rotatable bonds is 5. The maximum absolute atomic E-state index is 13.2. The van der Waals surface area contributed by atoms with Crippen LogP contribution in [0.3, 0.4) is 0 Å². The van der Waals surface area contributed by atoms with Crippen molar-refractivity contribution in [3.63, 3.8) is 0 Å². The minimum absolute atomic E-state index is 0.490. The van der Waals surface area contributed by atoms with Crippen molar-refractivity contribution in [3.8, 4) is 0 Å². The lowest BCUT2D eigenvalue weighted by atomic mass is 9.93. The third-order valence-electron chi connectivity index (χ3n) is 3.29. The molecule has 8 heteroatoms. The van der Waals surface area contributed by atoms with Crippen molar-refractivity contribution >= 4 is 19.3 Å². The number of carbonyl (C=O) groups is 1. The molecule has 1 aliphatic rings. The fourth-order valence-corrected chi connectivity index (χ4v) is 2.21. The van der Waals surface area contributed by atoms with Gasteiger partial charge >= 0.3 is 5.69 Å². The Morgan fingerprint density at radius 3 is 2.65 bits per heavy atom. The van der Waals surface area contributed by atoms with Crippen molar-refractivity contribution in [1.82, 2.24) is 9.71 Å². The molecule has 0 N–H and O–H groups in total. The molecule has 0 saturated carbocycles. The van der Waals surface area contributed by atoms with Crippen molar-refractivity contribution in [1.29, 1.82) is 0 Å². The Balaban J connectivity index is 1.96. The molecule has 2 rings (SSSR count). The average molecular weight is 278 g/mol. The standard InChI is InChI=1S/C12H14BFN3O3/c14-11-2-1-10(7-12(11)17(19)20)8-15-3-5-16(6-4-15)13-9-18/h1-2,7,9H,3-6,8H2. The van der Waals surface area contributed by atoms with E-state index in [-0.39, 0.29) is 0 Å². The molecule has 105 valence electrons. The summed E-state index contributed by atoms with van der Waals surface area (Å²) in [4.78, 5) is 24.4. The van der Waals surface area contributed by atoms with Gasteiger partial charge in [0.05, 0.1) is 11.1 Å². The van der Waals surface area contributed by atoms with Crippen molar-refractivity contribution in [3.05, 3.63) is 39.7 Å². The summed E-state index contributed by atoms with van der Waals surface area (Å²) in [6.45, 7) is 3.53. The first-order chi connectivity index (χ1) is 9.60. The van der Waals surface area contributed by atoms with E-state index in [0.717, 1.165) is 38.4 Å². The van der Waals surface area contributed by atoms with Crippen molar-refractivity contribution in [2.24, 2.45) is 0 Å². The number of hydrogen-bond acceptors (Lipinski definition) is 5. The summed E-state index contributed by atoms with van der Waals surface area (Å²) < 4.78 is 13.2. The third-order valence-corrected chi connectivity index (χ3v) is 3.29. The van der Waals surface area contributed by atoms with Gasteiger partial charge in [-0.05, 0) is 11.6 Å². The van der Waals surface area contributed by atoms with E-state index in [0.29, 0.717) is 12.1 Å². The molecule has 1 saturated heterocycles. The summed E-state index contributed by atoms with van der Waals surface area (Å²) in [6, 6.07) is 3.97. The fraction of sp³-hybridized carbons (Fsp3) is 0.417. The van der Waals surface area contributed by atoms with Gasteiger partial charge in [0, 0.05) is 38.8 Å². The highest BCUT2D eigenvalue weighted by atomic mass is 19.1. The van der Waals surface area contributed by atoms with Crippen LogP contribution < -0.4 is 0 Å². The zero-order valence-electron chi connectivity index (χ0n) is 10.9. The first-order valence-corrected chi connectivity index (χ1v) is 6.28.